The fourth-order valence-corrected chi connectivity index (χ4v) is 5.09. The summed E-state index contributed by atoms with van der Waals surface area (Å²) in [5, 5.41) is 0. The van der Waals surface area contributed by atoms with Crippen molar-refractivity contribution in [1.29, 1.82) is 0 Å². The predicted molar refractivity (Wildman–Crippen MR) is 96.6 cm³/mol. The summed E-state index contributed by atoms with van der Waals surface area (Å²) in [5.74, 6) is 1.34. The minimum absolute atomic E-state index is 0.299. The molecule has 0 spiro atoms. The molecule has 0 heterocycles. The van der Waals surface area contributed by atoms with Gasteiger partial charge >= 0.3 is 0 Å². The second-order valence-electron chi connectivity index (χ2n) is 8.10. The first-order chi connectivity index (χ1) is 10.7. The van der Waals surface area contributed by atoms with Crippen LogP contribution in [0.2, 0.25) is 0 Å². The zero-order valence-electron chi connectivity index (χ0n) is 15.0. The van der Waals surface area contributed by atoms with Crippen LogP contribution in [0.5, 0.6) is 0 Å². The van der Waals surface area contributed by atoms with E-state index in [9.17, 15) is 8.42 Å². The maximum absolute atomic E-state index is 12.6. The van der Waals surface area contributed by atoms with Crippen LogP contribution in [0.3, 0.4) is 0 Å². The molecular formula is C19H31NO2S. The molecule has 0 aliphatic heterocycles. The van der Waals surface area contributed by atoms with Crippen molar-refractivity contribution in [2.45, 2.75) is 53.0 Å². The van der Waals surface area contributed by atoms with Gasteiger partial charge in [-0.25, -0.2) is 12.7 Å². The third-order valence-corrected chi connectivity index (χ3v) is 7.21. The Morgan fingerprint density at radius 3 is 2.13 bits per heavy atom. The fraction of sp³-hybridized carbons (Fsp3) is 0.684. The second kappa shape index (κ2) is 7.35. The molecule has 1 aromatic carbocycles. The maximum atomic E-state index is 12.6. The Morgan fingerprint density at radius 1 is 1.04 bits per heavy atom. The maximum Gasteiger partial charge on any atom is 0.214 e. The Bertz CT molecular complexity index is 582. The molecule has 0 aromatic heterocycles. The number of rotatable bonds is 5. The van der Waals surface area contributed by atoms with E-state index in [4.69, 9.17) is 0 Å². The monoisotopic (exact) mass is 337 g/mol. The van der Waals surface area contributed by atoms with Gasteiger partial charge in [-0.15, -0.1) is 0 Å². The molecule has 0 N–H and O–H groups in total. The van der Waals surface area contributed by atoms with Gasteiger partial charge in [0.05, 0.1) is 5.75 Å². The van der Waals surface area contributed by atoms with E-state index in [1.54, 1.807) is 7.05 Å². The van der Waals surface area contributed by atoms with Gasteiger partial charge < -0.3 is 0 Å². The molecule has 1 fully saturated rings. The Morgan fingerprint density at radius 2 is 1.61 bits per heavy atom. The Labute approximate surface area is 142 Å². The van der Waals surface area contributed by atoms with Crippen LogP contribution < -0.4 is 0 Å². The smallest absolute Gasteiger partial charge is 0.212 e. The molecule has 3 nitrogen and oxygen atoms in total. The summed E-state index contributed by atoms with van der Waals surface area (Å²) in [6.45, 7) is 7.34. The molecule has 4 heteroatoms. The summed E-state index contributed by atoms with van der Waals surface area (Å²) in [7, 11) is -1.48. The van der Waals surface area contributed by atoms with E-state index in [-0.39, 0.29) is 0 Å². The average molecular weight is 338 g/mol. The Balaban J connectivity index is 1.89. The topological polar surface area (TPSA) is 37.4 Å². The molecule has 0 radical (unpaired) electrons. The van der Waals surface area contributed by atoms with E-state index < -0.39 is 10.0 Å². The number of hydrogen-bond donors (Lipinski definition) is 0. The molecule has 1 aromatic rings. The molecule has 1 saturated carbocycles. The highest BCUT2D eigenvalue weighted by molar-refractivity contribution is 7.89. The largest absolute Gasteiger partial charge is 0.214 e. The number of sulfonamides is 1. The van der Waals surface area contributed by atoms with E-state index in [0.717, 1.165) is 37.2 Å². The number of hydrogen-bond acceptors (Lipinski definition) is 2. The molecule has 0 bridgehead atoms. The molecule has 1 aliphatic rings. The molecule has 0 amide bonds. The van der Waals surface area contributed by atoms with Crippen molar-refractivity contribution in [1.82, 2.24) is 4.31 Å². The zero-order chi connectivity index (χ0) is 17.1. The standard InChI is InChI=1S/C19H31NO2S/c1-19(2,3)18-12-10-17(11-13-18)15-23(21,22)20(4)14-16-8-6-5-7-9-16/h5-9,17-18H,10-15H2,1-4H3. The van der Waals surface area contributed by atoms with Gasteiger partial charge in [-0.3, -0.25) is 0 Å². The number of nitrogens with zero attached hydrogens (tertiary/aromatic N) is 1. The van der Waals surface area contributed by atoms with Gasteiger partial charge in [0.15, 0.2) is 0 Å². The quantitative estimate of drug-likeness (QED) is 0.803. The van der Waals surface area contributed by atoms with Crippen LogP contribution >= 0.6 is 0 Å². The normalized spacial score (nSPS) is 23.2. The SMILES string of the molecule is CN(Cc1ccccc1)S(=O)(=O)CC1CCC(C(C)(C)C)CC1. The van der Waals surface area contributed by atoms with Gasteiger partial charge in [0.1, 0.15) is 0 Å². The molecule has 0 atom stereocenters. The van der Waals surface area contributed by atoms with Gasteiger partial charge in [0, 0.05) is 13.6 Å². The number of benzene rings is 1. The minimum atomic E-state index is -3.18. The zero-order valence-corrected chi connectivity index (χ0v) is 15.8. The van der Waals surface area contributed by atoms with Crippen molar-refractivity contribution >= 4 is 10.0 Å². The summed E-state index contributed by atoms with van der Waals surface area (Å²) >= 11 is 0. The van der Waals surface area contributed by atoms with Crippen molar-refractivity contribution in [3.63, 3.8) is 0 Å². The highest BCUT2D eigenvalue weighted by Crippen LogP contribution is 2.40. The van der Waals surface area contributed by atoms with Crippen LogP contribution in [0.1, 0.15) is 52.0 Å². The van der Waals surface area contributed by atoms with Crippen LogP contribution in [-0.4, -0.2) is 25.5 Å². The van der Waals surface area contributed by atoms with Gasteiger partial charge in [0.25, 0.3) is 0 Å². The van der Waals surface area contributed by atoms with Crippen LogP contribution in [0.4, 0.5) is 0 Å². The van der Waals surface area contributed by atoms with Crippen molar-refractivity contribution in [2.24, 2.45) is 17.3 Å². The van der Waals surface area contributed by atoms with E-state index in [1.165, 1.54) is 4.31 Å². The molecular weight excluding hydrogens is 306 g/mol. The third kappa shape index (κ3) is 5.32. The van der Waals surface area contributed by atoms with Gasteiger partial charge in [-0.1, -0.05) is 51.1 Å². The summed E-state index contributed by atoms with van der Waals surface area (Å²) in [5.41, 5.74) is 1.38. The molecule has 23 heavy (non-hydrogen) atoms. The Hall–Kier alpha value is -0.870. The average Bonchev–Trinajstić information content (AvgIpc) is 2.47. The van der Waals surface area contributed by atoms with E-state index in [2.05, 4.69) is 20.8 Å². The van der Waals surface area contributed by atoms with Crippen LogP contribution in [0.25, 0.3) is 0 Å². The van der Waals surface area contributed by atoms with Crippen LogP contribution in [0, 0.1) is 17.3 Å². The van der Waals surface area contributed by atoms with E-state index in [0.29, 0.717) is 23.6 Å². The van der Waals surface area contributed by atoms with Crippen molar-refractivity contribution in [2.75, 3.05) is 12.8 Å². The van der Waals surface area contributed by atoms with Gasteiger partial charge in [-0.05, 0) is 48.5 Å². The van der Waals surface area contributed by atoms with Crippen molar-refractivity contribution in [3.8, 4) is 0 Å². The van der Waals surface area contributed by atoms with Crippen molar-refractivity contribution < 1.29 is 8.42 Å². The summed E-state index contributed by atoms with van der Waals surface area (Å²) in [6, 6.07) is 9.79. The lowest BCUT2D eigenvalue weighted by Crippen LogP contribution is -2.34. The first-order valence-corrected chi connectivity index (χ1v) is 10.3. The molecule has 0 unspecified atom stereocenters. The molecule has 1 aliphatic carbocycles. The van der Waals surface area contributed by atoms with E-state index in [1.807, 2.05) is 30.3 Å². The lowest BCUT2D eigenvalue weighted by Gasteiger charge is -2.37. The first kappa shape index (κ1) is 18.5. The highest BCUT2D eigenvalue weighted by Gasteiger charge is 2.32. The molecule has 130 valence electrons. The van der Waals surface area contributed by atoms with Crippen LogP contribution in [-0.2, 0) is 16.6 Å². The lowest BCUT2D eigenvalue weighted by atomic mass is 9.70. The minimum Gasteiger partial charge on any atom is -0.212 e. The summed E-state index contributed by atoms with van der Waals surface area (Å²) in [4.78, 5) is 0. The summed E-state index contributed by atoms with van der Waals surface area (Å²) in [6.07, 6.45) is 4.40. The first-order valence-electron chi connectivity index (χ1n) is 8.66. The Kier molecular flexibility index (Phi) is 5.90. The molecule has 0 saturated heterocycles. The van der Waals surface area contributed by atoms with Gasteiger partial charge in [0.2, 0.25) is 10.0 Å². The van der Waals surface area contributed by atoms with Crippen molar-refractivity contribution in [3.05, 3.63) is 35.9 Å². The van der Waals surface area contributed by atoms with E-state index >= 15 is 0 Å². The molecule has 2 rings (SSSR count). The third-order valence-electron chi connectivity index (χ3n) is 5.24. The lowest BCUT2D eigenvalue weighted by molar-refractivity contribution is 0.156. The highest BCUT2D eigenvalue weighted by atomic mass is 32.2. The van der Waals surface area contributed by atoms with Gasteiger partial charge in [-0.2, -0.15) is 0 Å². The summed E-state index contributed by atoms with van der Waals surface area (Å²) < 4.78 is 26.7. The fourth-order valence-electron chi connectivity index (χ4n) is 3.56. The van der Waals surface area contributed by atoms with Crippen LogP contribution in [0.15, 0.2) is 30.3 Å². The predicted octanol–water partition coefficient (Wildman–Crippen LogP) is 4.30. The second-order valence-corrected chi connectivity index (χ2v) is 10.2.